The van der Waals surface area contributed by atoms with Crippen LogP contribution >= 0.6 is 11.6 Å². The number of rotatable bonds is 3. The number of anilines is 1. The fraction of sp³-hybridized carbons (Fsp3) is 0.174. The average molecular weight is 422 g/mol. The highest BCUT2D eigenvalue weighted by molar-refractivity contribution is 6.36. The summed E-state index contributed by atoms with van der Waals surface area (Å²) in [5.41, 5.74) is 3.90. The van der Waals surface area contributed by atoms with Crippen molar-refractivity contribution in [1.29, 1.82) is 0 Å². The summed E-state index contributed by atoms with van der Waals surface area (Å²) in [6.07, 6.45) is 0.530. The molecule has 1 aliphatic rings. The third-order valence-corrected chi connectivity index (χ3v) is 5.54. The zero-order valence-corrected chi connectivity index (χ0v) is 17.6. The topological polar surface area (TPSA) is 63.9 Å². The summed E-state index contributed by atoms with van der Waals surface area (Å²) >= 11 is 6.46. The van der Waals surface area contributed by atoms with E-state index in [1.54, 1.807) is 43.4 Å². The van der Waals surface area contributed by atoms with Crippen molar-refractivity contribution in [3.8, 4) is 0 Å². The lowest BCUT2D eigenvalue weighted by Crippen LogP contribution is -2.37. The second kappa shape index (κ2) is 7.80. The molecule has 152 valence electrons. The molecule has 0 aliphatic carbocycles. The highest BCUT2D eigenvalue weighted by Gasteiger charge is 2.35. The molecule has 0 saturated carbocycles. The first-order valence-electron chi connectivity index (χ1n) is 9.41. The van der Waals surface area contributed by atoms with Crippen LogP contribution in [0.1, 0.15) is 27.2 Å². The Morgan fingerprint density at radius 2 is 1.73 bits per heavy atom. The molecule has 0 spiro atoms. The Morgan fingerprint density at radius 1 is 1.07 bits per heavy atom. The van der Waals surface area contributed by atoms with Crippen LogP contribution in [0.15, 0.2) is 65.8 Å². The minimum Gasteiger partial charge on any atom is -0.426 e. The fourth-order valence-electron chi connectivity index (χ4n) is 3.45. The number of carbonyl (C=O) groups is 2. The highest BCUT2D eigenvalue weighted by Crippen LogP contribution is 2.33. The summed E-state index contributed by atoms with van der Waals surface area (Å²) in [7, 11) is 3.55. The van der Waals surface area contributed by atoms with Gasteiger partial charge in [0.1, 0.15) is 0 Å². The van der Waals surface area contributed by atoms with Gasteiger partial charge in [-0.15, -0.1) is 0 Å². The van der Waals surface area contributed by atoms with Crippen molar-refractivity contribution in [3.63, 3.8) is 0 Å². The maximum absolute atomic E-state index is 13.2. The van der Waals surface area contributed by atoms with Crippen LogP contribution in [0, 0.1) is 6.92 Å². The van der Waals surface area contributed by atoms with E-state index < -0.39 is 18.1 Å². The van der Waals surface area contributed by atoms with E-state index in [-0.39, 0.29) is 0 Å². The lowest BCUT2D eigenvalue weighted by atomic mass is 10.0. The van der Waals surface area contributed by atoms with Gasteiger partial charge in [0.15, 0.2) is 0 Å². The maximum Gasteiger partial charge on any atom is 0.340 e. The Morgan fingerprint density at radius 3 is 2.43 bits per heavy atom. The molecule has 1 atom stereocenters. The van der Waals surface area contributed by atoms with Crippen LogP contribution in [0.2, 0.25) is 5.02 Å². The molecule has 7 heteroatoms. The van der Waals surface area contributed by atoms with Crippen molar-refractivity contribution in [2.24, 2.45) is 12.0 Å². The van der Waals surface area contributed by atoms with Gasteiger partial charge in [-0.2, -0.15) is 0 Å². The molecule has 2 aromatic carbocycles. The molecule has 6 nitrogen and oxygen atoms in total. The Labute approximate surface area is 179 Å². The first-order valence-corrected chi connectivity index (χ1v) is 9.79. The minimum atomic E-state index is -1.33. The van der Waals surface area contributed by atoms with Gasteiger partial charge >= 0.3 is 5.97 Å². The number of aliphatic imine (C=N–C) groups is 1. The number of halogens is 1. The lowest BCUT2D eigenvalue weighted by Gasteiger charge is -2.19. The molecule has 1 unspecified atom stereocenters. The number of aromatic nitrogens is 1. The molecule has 0 N–H and O–H groups in total. The molecular formula is C23H20ClN3O3. The number of benzene rings is 2. The van der Waals surface area contributed by atoms with Crippen LogP contribution in [-0.2, 0) is 16.6 Å². The van der Waals surface area contributed by atoms with Gasteiger partial charge in [0.25, 0.3) is 12.1 Å². The number of amides is 1. The number of carbonyl (C=O) groups excluding carboxylic acids is 2. The Kier molecular flexibility index (Phi) is 5.18. The summed E-state index contributed by atoms with van der Waals surface area (Å²) in [6.45, 7) is 1.94. The van der Waals surface area contributed by atoms with E-state index in [9.17, 15) is 9.59 Å². The van der Waals surface area contributed by atoms with E-state index in [2.05, 4.69) is 4.99 Å². The molecule has 0 bridgehead atoms. The number of nitrogens with zero attached hydrogens (tertiary/aromatic N) is 3. The molecule has 0 fully saturated rings. The van der Waals surface area contributed by atoms with Crippen molar-refractivity contribution in [2.75, 3.05) is 11.9 Å². The Balaban J connectivity index is 1.86. The number of hydrogen-bond donors (Lipinski definition) is 0. The predicted molar refractivity (Wildman–Crippen MR) is 116 cm³/mol. The largest absolute Gasteiger partial charge is 0.426 e. The molecule has 1 amide bonds. The molecule has 3 aromatic rings. The number of likely N-dealkylation sites (N-methyl/N-ethyl adjacent to an activating group) is 1. The van der Waals surface area contributed by atoms with Gasteiger partial charge in [0.2, 0.25) is 0 Å². The second-order valence-electron chi connectivity index (χ2n) is 7.06. The monoisotopic (exact) mass is 421 g/mol. The van der Waals surface area contributed by atoms with Crippen molar-refractivity contribution in [3.05, 3.63) is 88.2 Å². The molecule has 1 aliphatic heterocycles. The van der Waals surface area contributed by atoms with Crippen molar-refractivity contribution < 1.29 is 14.3 Å². The highest BCUT2D eigenvalue weighted by atomic mass is 35.5. The van der Waals surface area contributed by atoms with Crippen LogP contribution in [0.25, 0.3) is 0 Å². The van der Waals surface area contributed by atoms with Crippen LogP contribution in [-0.4, -0.2) is 35.4 Å². The summed E-state index contributed by atoms with van der Waals surface area (Å²) < 4.78 is 7.46. The number of esters is 1. The number of ether oxygens (including phenoxy) is 1. The quantitative estimate of drug-likeness (QED) is 0.601. The van der Waals surface area contributed by atoms with E-state index in [0.29, 0.717) is 27.5 Å². The average Bonchev–Trinajstić information content (AvgIpc) is 3.00. The first-order chi connectivity index (χ1) is 14.4. The van der Waals surface area contributed by atoms with E-state index in [1.807, 2.05) is 42.9 Å². The molecule has 1 aromatic heterocycles. The summed E-state index contributed by atoms with van der Waals surface area (Å²) in [6, 6.07) is 15.8. The number of hydrogen-bond acceptors (Lipinski definition) is 4. The van der Waals surface area contributed by atoms with Crippen molar-refractivity contribution in [2.45, 2.75) is 13.2 Å². The molecule has 0 saturated heterocycles. The summed E-state index contributed by atoms with van der Waals surface area (Å²) in [4.78, 5) is 31.9. The van der Waals surface area contributed by atoms with Gasteiger partial charge in [-0.1, -0.05) is 48.0 Å². The first kappa shape index (κ1) is 19.9. The van der Waals surface area contributed by atoms with Gasteiger partial charge in [0.05, 0.1) is 17.0 Å². The van der Waals surface area contributed by atoms with E-state index in [1.165, 1.54) is 4.90 Å². The van der Waals surface area contributed by atoms with E-state index in [4.69, 9.17) is 16.3 Å². The predicted octanol–water partition coefficient (Wildman–Crippen LogP) is 3.98. The number of fused-ring (bicyclic) bond motifs is 1. The minimum absolute atomic E-state index is 0.348. The van der Waals surface area contributed by atoms with Gasteiger partial charge in [-0.3, -0.25) is 4.79 Å². The van der Waals surface area contributed by atoms with Crippen LogP contribution in [0.5, 0.6) is 0 Å². The standard InChI is InChI=1S/C23H20ClN3O3/c1-14-19-18(13-26(14)2)27(3)22(28)21(30-23(29)15-9-5-4-6-10-15)25-20(19)16-11-7-8-12-17(16)24/h4-13,21H,1-3H3. The third-order valence-electron chi connectivity index (χ3n) is 5.21. The van der Waals surface area contributed by atoms with Crippen molar-refractivity contribution in [1.82, 2.24) is 4.57 Å². The van der Waals surface area contributed by atoms with E-state index in [0.717, 1.165) is 11.3 Å². The van der Waals surface area contributed by atoms with Crippen LogP contribution in [0.4, 0.5) is 5.69 Å². The molecule has 30 heavy (non-hydrogen) atoms. The normalized spacial score (nSPS) is 16.0. The maximum atomic E-state index is 13.2. The Bertz CT molecular complexity index is 1170. The van der Waals surface area contributed by atoms with Gasteiger partial charge in [-0.05, 0) is 25.1 Å². The molecular weight excluding hydrogens is 402 g/mol. The molecule has 0 radical (unpaired) electrons. The van der Waals surface area contributed by atoms with Gasteiger partial charge in [0, 0.05) is 42.1 Å². The lowest BCUT2D eigenvalue weighted by molar-refractivity contribution is -0.126. The zero-order chi connectivity index (χ0) is 21.4. The third kappa shape index (κ3) is 3.39. The second-order valence-corrected chi connectivity index (χ2v) is 7.47. The SMILES string of the molecule is Cc1c2c(cn1C)N(C)C(=O)C(OC(=O)c1ccccc1)N=C2c1ccccc1Cl. The number of aryl methyl sites for hydroxylation is 1. The van der Waals surface area contributed by atoms with Crippen molar-refractivity contribution >= 4 is 34.9 Å². The van der Waals surface area contributed by atoms with Gasteiger partial charge in [-0.25, -0.2) is 9.79 Å². The fourth-order valence-corrected chi connectivity index (χ4v) is 3.68. The van der Waals surface area contributed by atoms with E-state index >= 15 is 0 Å². The summed E-state index contributed by atoms with van der Waals surface area (Å²) in [5, 5.41) is 0.496. The Hall–Kier alpha value is -3.38. The zero-order valence-electron chi connectivity index (χ0n) is 16.8. The smallest absolute Gasteiger partial charge is 0.340 e. The van der Waals surface area contributed by atoms with Crippen LogP contribution < -0.4 is 4.90 Å². The molecule has 4 rings (SSSR count). The molecule has 2 heterocycles. The summed E-state index contributed by atoms with van der Waals surface area (Å²) in [5.74, 6) is -1.05. The van der Waals surface area contributed by atoms with Gasteiger partial charge < -0.3 is 14.2 Å². The van der Waals surface area contributed by atoms with Crippen LogP contribution in [0.3, 0.4) is 0 Å².